The van der Waals surface area contributed by atoms with E-state index in [1.165, 1.54) is 0 Å². The molecule has 0 rings (SSSR count). The highest BCUT2D eigenvalue weighted by Crippen LogP contribution is 2.12. The highest BCUT2D eigenvalue weighted by atomic mass is 16.3. The number of carbonyl (C=O) groups is 1. The first-order chi connectivity index (χ1) is 7.58. The number of hydrogen-bond acceptors (Lipinski definition) is 3. The van der Waals surface area contributed by atoms with Crippen molar-refractivity contribution in [3.8, 4) is 0 Å². The first-order valence-electron chi connectivity index (χ1n) is 6.20. The number of rotatable bonds is 9. The van der Waals surface area contributed by atoms with Crippen molar-refractivity contribution in [2.45, 2.75) is 52.0 Å². The molecule has 0 spiro atoms. The first-order valence-corrected chi connectivity index (χ1v) is 6.20. The van der Waals surface area contributed by atoms with Crippen LogP contribution >= 0.6 is 0 Å². The van der Waals surface area contributed by atoms with Gasteiger partial charge in [0.05, 0.1) is 6.54 Å². The molecule has 0 aromatic rings. The maximum Gasteiger partial charge on any atom is 0.233 e. The molecule has 96 valence electrons. The zero-order chi connectivity index (χ0) is 12.4. The van der Waals surface area contributed by atoms with Gasteiger partial charge in [0.1, 0.15) is 0 Å². The topological polar surface area (TPSA) is 61.4 Å². The summed E-state index contributed by atoms with van der Waals surface area (Å²) in [6.45, 7) is 7.41. The lowest BCUT2D eigenvalue weighted by molar-refractivity contribution is -0.120. The number of nitrogens with one attached hydrogen (secondary N) is 2. The Labute approximate surface area is 98.8 Å². The van der Waals surface area contributed by atoms with Crippen LogP contribution < -0.4 is 10.6 Å². The first kappa shape index (κ1) is 15.4. The Balaban J connectivity index is 3.79. The summed E-state index contributed by atoms with van der Waals surface area (Å²) >= 11 is 0. The van der Waals surface area contributed by atoms with Gasteiger partial charge in [-0.2, -0.15) is 0 Å². The van der Waals surface area contributed by atoms with Gasteiger partial charge in [-0.3, -0.25) is 4.79 Å². The lowest BCUT2D eigenvalue weighted by Gasteiger charge is -2.28. The van der Waals surface area contributed by atoms with E-state index in [2.05, 4.69) is 24.5 Å². The van der Waals surface area contributed by atoms with E-state index in [9.17, 15) is 4.79 Å². The van der Waals surface area contributed by atoms with Crippen LogP contribution in [0.5, 0.6) is 0 Å². The highest BCUT2D eigenvalue weighted by Gasteiger charge is 2.21. The Morgan fingerprint density at radius 3 is 2.56 bits per heavy atom. The van der Waals surface area contributed by atoms with Crippen LogP contribution in [0.15, 0.2) is 0 Å². The molecular formula is C12H26N2O2. The van der Waals surface area contributed by atoms with Gasteiger partial charge in [0, 0.05) is 18.7 Å². The Morgan fingerprint density at radius 1 is 1.38 bits per heavy atom. The molecule has 4 heteroatoms. The Kier molecular flexibility index (Phi) is 8.21. The average molecular weight is 230 g/mol. The third-order valence-electron chi connectivity index (χ3n) is 2.97. The van der Waals surface area contributed by atoms with E-state index in [1.54, 1.807) is 0 Å². The molecule has 0 aromatic carbocycles. The van der Waals surface area contributed by atoms with Crippen LogP contribution in [-0.4, -0.2) is 36.2 Å². The monoisotopic (exact) mass is 230 g/mol. The molecule has 0 heterocycles. The summed E-state index contributed by atoms with van der Waals surface area (Å²) in [6.07, 6.45) is 3.68. The fraction of sp³-hybridized carbons (Fsp3) is 0.917. The molecule has 0 saturated carbocycles. The van der Waals surface area contributed by atoms with Crippen molar-refractivity contribution < 1.29 is 9.90 Å². The maximum absolute atomic E-state index is 11.4. The third kappa shape index (κ3) is 6.80. The molecule has 0 aliphatic rings. The van der Waals surface area contributed by atoms with E-state index in [0.717, 1.165) is 25.8 Å². The van der Waals surface area contributed by atoms with Crippen LogP contribution in [0.2, 0.25) is 0 Å². The molecule has 3 N–H and O–H groups in total. The van der Waals surface area contributed by atoms with Gasteiger partial charge in [0.2, 0.25) is 5.91 Å². The van der Waals surface area contributed by atoms with E-state index >= 15 is 0 Å². The number of unbranched alkanes of at least 4 members (excludes halogenated alkanes) is 1. The van der Waals surface area contributed by atoms with E-state index in [4.69, 9.17) is 5.11 Å². The SMILES string of the molecule is CCCCNC(=O)CNC(C)(CC)CCO. The normalized spacial score (nSPS) is 14.5. The lowest BCUT2D eigenvalue weighted by Crippen LogP contribution is -2.47. The van der Waals surface area contributed by atoms with Crippen molar-refractivity contribution in [2.75, 3.05) is 19.7 Å². The molecular weight excluding hydrogens is 204 g/mol. The lowest BCUT2D eigenvalue weighted by atomic mass is 9.95. The molecule has 1 atom stereocenters. The van der Waals surface area contributed by atoms with Crippen LogP contribution in [0, 0.1) is 0 Å². The van der Waals surface area contributed by atoms with Gasteiger partial charge in [-0.25, -0.2) is 0 Å². The average Bonchev–Trinajstić information content (AvgIpc) is 2.27. The third-order valence-corrected chi connectivity index (χ3v) is 2.97. The van der Waals surface area contributed by atoms with Gasteiger partial charge < -0.3 is 15.7 Å². The molecule has 0 fully saturated rings. The second-order valence-electron chi connectivity index (χ2n) is 4.44. The quantitative estimate of drug-likeness (QED) is 0.519. The van der Waals surface area contributed by atoms with Crippen LogP contribution in [-0.2, 0) is 4.79 Å². The number of aliphatic hydroxyl groups is 1. The van der Waals surface area contributed by atoms with Crippen molar-refractivity contribution in [1.29, 1.82) is 0 Å². The highest BCUT2D eigenvalue weighted by molar-refractivity contribution is 5.78. The van der Waals surface area contributed by atoms with Gasteiger partial charge in [0.15, 0.2) is 0 Å². The van der Waals surface area contributed by atoms with E-state index < -0.39 is 0 Å². The summed E-state index contributed by atoms with van der Waals surface area (Å²) in [4.78, 5) is 11.4. The summed E-state index contributed by atoms with van der Waals surface area (Å²) in [5, 5.41) is 15.0. The summed E-state index contributed by atoms with van der Waals surface area (Å²) in [7, 11) is 0. The molecule has 1 amide bonds. The summed E-state index contributed by atoms with van der Waals surface area (Å²) in [5.41, 5.74) is -0.142. The molecule has 4 nitrogen and oxygen atoms in total. The molecule has 0 radical (unpaired) electrons. The van der Waals surface area contributed by atoms with E-state index in [0.29, 0.717) is 13.0 Å². The zero-order valence-electron chi connectivity index (χ0n) is 10.8. The number of amides is 1. The Hall–Kier alpha value is -0.610. The van der Waals surface area contributed by atoms with E-state index in [-0.39, 0.29) is 18.1 Å². The molecule has 0 bridgehead atoms. The van der Waals surface area contributed by atoms with Crippen molar-refractivity contribution in [1.82, 2.24) is 10.6 Å². The molecule has 16 heavy (non-hydrogen) atoms. The van der Waals surface area contributed by atoms with Gasteiger partial charge in [-0.05, 0) is 26.2 Å². The van der Waals surface area contributed by atoms with Crippen LogP contribution in [0.4, 0.5) is 0 Å². The zero-order valence-corrected chi connectivity index (χ0v) is 10.8. The van der Waals surface area contributed by atoms with Crippen LogP contribution in [0.3, 0.4) is 0 Å². The van der Waals surface area contributed by atoms with Crippen molar-refractivity contribution in [2.24, 2.45) is 0 Å². The van der Waals surface area contributed by atoms with Crippen molar-refractivity contribution >= 4 is 5.91 Å². The van der Waals surface area contributed by atoms with Gasteiger partial charge in [0.25, 0.3) is 0 Å². The Morgan fingerprint density at radius 2 is 2.06 bits per heavy atom. The minimum absolute atomic E-state index is 0.0334. The summed E-state index contributed by atoms with van der Waals surface area (Å²) < 4.78 is 0. The summed E-state index contributed by atoms with van der Waals surface area (Å²) in [5.74, 6) is 0.0334. The van der Waals surface area contributed by atoms with Crippen molar-refractivity contribution in [3.05, 3.63) is 0 Å². The Bertz CT molecular complexity index is 197. The molecule has 0 aliphatic carbocycles. The van der Waals surface area contributed by atoms with Crippen LogP contribution in [0.1, 0.15) is 46.5 Å². The fourth-order valence-electron chi connectivity index (χ4n) is 1.40. The van der Waals surface area contributed by atoms with Gasteiger partial charge >= 0.3 is 0 Å². The molecule has 0 aromatic heterocycles. The van der Waals surface area contributed by atoms with Gasteiger partial charge in [-0.1, -0.05) is 20.3 Å². The predicted octanol–water partition coefficient (Wildman–Crippen LogP) is 1.04. The van der Waals surface area contributed by atoms with Crippen LogP contribution in [0.25, 0.3) is 0 Å². The smallest absolute Gasteiger partial charge is 0.233 e. The summed E-state index contributed by atoms with van der Waals surface area (Å²) in [6, 6.07) is 0. The van der Waals surface area contributed by atoms with E-state index in [1.807, 2.05) is 6.92 Å². The standard InChI is InChI=1S/C12H26N2O2/c1-4-6-8-13-11(16)10-14-12(3,5-2)7-9-15/h14-15H,4-10H2,1-3H3,(H,13,16). The molecule has 1 unspecified atom stereocenters. The largest absolute Gasteiger partial charge is 0.396 e. The number of aliphatic hydroxyl groups excluding tert-OH is 1. The minimum Gasteiger partial charge on any atom is -0.396 e. The second-order valence-corrected chi connectivity index (χ2v) is 4.44. The minimum atomic E-state index is -0.142. The maximum atomic E-state index is 11.4. The fourth-order valence-corrected chi connectivity index (χ4v) is 1.40. The number of carbonyl (C=O) groups excluding carboxylic acids is 1. The number of hydrogen-bond donors (Lipinski definition) is 3. The van der Waals surface area contributed by atoms with Crippen molar-refractivity contribution in [3.63, 3.8) is 0 Å². The molecule has 0 saturated heterocycles. The van der Waals surface area contributed by atoms with Gasteiger partial charge in [-0.15, -0.1) is 0 Å². The second kappa shape index (κ2) is 8.53. The molecule has 0 aliphatic heterocycles. The predicted molar refractivity (Wildman–Crippen MR) is 66.3 cm³/mol.